The molecule has 1 aromatic heterocycles. The maximum atomic E-state index is 5.70. The third kappa shape index (κ3) is 3.82. The Morgan fingerprint density at radius 1 is 1.45 bits per heavy atom. The van der Waals surface area contributed by atoms with E-state index in [0.717, 1.165) is 43.6 Å². The summed E-state index contributed by atoms with van der Waals surface area (Å²) in [5.41, 5.74) is 0. The Labute approximate surface area is 121 Å². The Balaban J connectivity index is 2.15. The van der Waals surface area contributed by atoms with E-state index in [2.05, 4.69) is 48.0 Å². The monoisotopic (exact) mass is 278 g/mol. The van der Waals surface area contributed by atoms with Crippen LogP contribution in [0.1, 0.15) is 45.4 Å². The Kier molecular flexibility index (Phi) is 5.17. The normalized spacial score (nSPS) is 18.6. The molecule has 1 aromatic rings. The topological polar surface area (TPSA) is 50.3 Å². The van der Waals surface area contributed by atoms with E-state index in [1.807, 2.05) is 6.07 Å². The van der Waals surface area contributed by atoms with Gasteiger partial charge in [-0.25, -0.2) is 9.97 Å². The molecule has 1 saturated heterocycles. The van der Waals surface area contributed by atoms with Gasteiger partial charge in [-0.2, -0.15) is 0 Å². The fraction of sp³-hybridized carbons (Fsp3) is 0.733. The summed E-state index contributed by atoms with van der Waals surface area (Å²) in [6.45, 7) is 8.96. The first-order valence-electron chi connectivity index (χ1n) is 7.55. The van der Waals surface area contributed by atoms with E-state index in [9.17, 15) is 0 Å². The number of nitrogens with zero attached hydrogens (tertiary/aromatic N) is 3. The van der Waals surface area contributed by atoms with Gasteiger partial charge in [0.15, 0.2) is 0 Å². The molecular formula is C15H26N4O. The molecule has 1 atom stereocenters. The van der Waals surface area contributed by atoms with Gasteiger partial charge in [0.25, 0.3) is 0 Å². The lowest BCUT2D eigenvalue weighted by molar-refractivity contribution is 0.116. The van der Waals surface area contributed by atoms with Gasteiger partial charge < -0.3 is 15.0 Å². The average Bonchev–Trinajstić information content (AvgIpc) is 2.91. The molecule has 0 amide bonds. The van der Waals surface area contributed by atoms with Gasteiger partial charge in [-0.1, -0.05) is 13.8 Å². The highest BCUT2D eigenvalue weighted by atomic mass is 16.5. The molecule has 5 nitrogen and oxygen atoms in total. The number of anilines is 2. The minimum Gasteiger partial charge on any atom is -0.376 e. The summed E-state index contributed by atoms with van der Waals surface area (Å²) in [4.78, 5) is 11.4. The predicted molar refractivity (Wildman–Crippen MR) is 82.5 cm³/mol. The van der Waals surface area contributed by atoms with Gasteiger partial charge in [-0.05, 0) is 19.8 Å². The van der Waals surface area contributed by atoms with Crippen LogP contribution in [0.5, 0.6) is 0 Å². The van der Waals surface area contributed by atoms with Crippen LogP contribution in [0.4, 0.5) is 11.6 Å². The standard InChI is InChI=1S/C15H26N4O/c1-5-16-13-9-14(18-15(17-13)11(2)3)19(4)10-12-7-6-8-20-12/h9,11-12H,5-8,10H2,1-4H3,(H,16,17,18). The van der Waals surface area contributed by atoms with Gasteiger partial charge in [-0.15, -0.1) is 0 Å². The van der Waals surface area contributed by atoms with Gasteiger partial charge in [-0.3, -0.25) is 0 Å². The zero-order valence-electron chi connectivity index (χ0n) is 13.0. The number of nitrogens with one attached hydrogen (secondary N) is 1. The van der Waals surface area contributed by atoms with Crippen molar-refractivity contribution >= 4 is 11.6 Å². The molecule has 20 heavy (non-hydrogen) atoms. The van der Waals surface area contributed by atoms with E-state index >= 15 is 0 Å². The van der Waals surface area contributed by atoms with Crippen molar-refractivity contribution in [2.24, 2.45) is 0 Å². The molecule has 0 radical (unpaired) electrons. The number of hydrogen-bond acceptors (Lipinski definition) is 5. The van der Waals surface area contributed by atoms with Gasteiger partial charge in [0, 0.05) is 38.7 Å². The maximum absolute atomic E-state index is 5.70. The van der Waals surface area contributed by atoms with Crippen LogP contribution in [0.3, 0.4) is 0 Å². The van der Waals surface area contributed by atoms with Crippen LogP contribution >= 0.6 is 0 Å². The highest BCUT2D eigenvalue weighted by Gasteiger charge is 2.19. The van der Waals surface area contributed by atoms with Crippen molar-refractivity contribution in [3.8, 4) is 0 Å². The molecule has 0 spiro atoms. The van der Waals surface area contributed by atoms with E-state index in [-0.39, 0.29) is 0 Å². The molecule has 0 aliphatic carbocycles. The minimum absolute atomic E-state index is 0.323. The molecule has 1 fully saturated rings. The van der Waals surface area contributed by atoms with Crippen LogP contribution in [0.25, 0.3) is 0 Å². The summed E-state index contributed by atoms with van der Waals surface area (Å²) in [5, 5.41) is 3.28. The first-order chi connectivity index (χ1) is 9.60. The average molecular weight is 278 g/mol. The van der Waals surface area contributed by atoms with E-state index in [1.165, 1.54) is 6.42 Å². The summed E-state index contributed by atoms with van der Waals surface area (Å²) in [7, 11) is 2.07. The lowest BCUT2D eigenvalue weighted by Gasteiger charge is -2.23. The van der Waals surface area contributed by atoms with Crippen molar-refractivity contribution in [1.82, 2.24) is 9.97 Å². The summed E-state index contributed by atoms with van der Waals surface area (Å²) in [5.74, 6) is 3.08. The smallest absolute Gasteiger partial charge is 0.135 e. The molecule has 0 aromatic carbocycles. The summed E-state index contributed by atoms with van der Waals surface area (Å²) >= 11 is 0. The van der Waals surface area contributed by atoms with Crippen molar-refractivity contribution in [2.45, 2.75) is 45.6 Å². The SMILES string of the molecule is CCNc1cc(N(C)CC2CCCO2)nc(C(C)C)n1. The molecule has 0 bridgehead atoms. The van der Waals surface area contributed by atoms with E-state index in [0.29, 0.717) is 12.0 Å². The van der Waals surface area contributed by atoms with Crippen molar-refractivity contribution in [3.05, 3.63) is 11.9 Å². The number of aromatic nitrogens is 2. The molecule has 1 N–H and O–H groups in total. The second-order valence-corrected chi connectivity index (χ2v) is 5.67. The molecule has 2 rings (SSSR count). The Morgan fingerprint density at radius 2 is 2.25 bits per heavy atom. The zero-order valence-corrected chi connectivity index (χ0v) is 13.0. The number of likely N-dealkylation sites (N-methyl/N-ethyl adjacent to an activating group) is 1. The molecule has 1 unspecified atom stereocenters. The van der Waals surface area contributed by atoms with Crippen LogP contribution in [0, 0.1) is 0 Å². The molecule has 5 heteroatoms. The predicted octanol–water partition coefficient (Wildman–Crippen LogP) is 2.65. The highest BCUT2D eigenvalue weighted by Crippen LogP contribution is 2.21. The van der Waals surface area contributed by atoms with Gasteiger partial charge in [0.1, 0.15) is 17.5 Å². The van der Waals surface area contributed by atoms with Crippen LogP contribution in [0.2, 0.25) is 0 Å². The number of ether oxygens (including phenoxy) is 1. The molecular weight excluding hydrogens is 252 g/mol. The molecule has 0 saturated carbocycles. The van der Waals surface area contributed by atoms with Crippen molar-refractivity contribution in [1.29, 1.82) is 0 Å². The third-order valence-electron chi connectivity index (χ3n) is 3.50. The van der Waals surface area contributed by atoms with Crippen molar-refractivity contribution in [2.75, 3.05) is 37.0 Å². The summed E-state index contributed by atoms with van der Waals surface area (Å²) < 4.78 is 5.70. The van der Waals surface area contributed by atoms with Crippen LogP contribution in [-0.2, 0) is 4.74 Å². The maximum Gasteiger partial charge on any atom is 0.135 e. The van der Waals surface area contributed by atoms with Crippen LogP contribution in [0.15, 0.2) is 6.07 Å². The fourth-order valence-electron chi connectivity index (χ4n) is 2.37. The van der Waals surface area contributed by atoms with Crippen molar-refractivity contribution in [3.63, 3.8) is 0 Å². The zero-order chi connectivity index (χ0) is 14.5. The lowest BCUT2D eigenvalue weighted by atomic mass is 10.2. The van der Waals surface area contributed by atoms with Crippen LogP contribution < -0.4 is 10.2 Å². The first kappa shape index (κ1) is 15.0. The van der Waals surface area contributed by atoms with Gasteiger partial charge >= 0.3 is 0 Å². The molecule has 112 valence electrons. The largest absolute Gasteiger partial charge is 0.376 e. The van der Waals surface area contributed by atoms with Crippen molar-refractivity contribution < 1.29 is 4.74 Å². The Morgan fingerprint density at radius 3 is 2.85 bits per heavy atom. The second-order valence-electron chi connectivity index (χ2n) is 5.67. The van der Waals surface area contributed by atoms with E-state index in [1.54, 1.807) is 0 Å². The molecule has 1 aliphatic rings. The van der Waals surface area contributed by atoms with Gasteiger partial charge in [0.05, 0.1) is 6.10 Å². The number of hydrogen-bond donors (Lipinski definition) is 1. The highest BCUT2D eigenvalue weighted by molar-refractivity contribution is 5.49. The van der Waals surface area contributed by atoms with E-state index in [4.69, 9.17) is 4.74 Å². The quantitative estimate of drug-likeness (QED) is 0.867. The van der Waals surface area contributed by atoms with Gasteiger partial charge in [0.2, 0.25) is 0 Å². The minimum atomic E-state index is 0.323. The lowest BCUT2D eigenvalue weighted by Crippen LogP contribution is -2.29. The third-order valence-corrected chi connectivity index (χ3v) is 3.50. The molecule has 1 aliphatic heterocycles. The summed E-state index contributed by atoms with van der Waals surface area (Å²) in [6.07, 6.45) is 2.65. The fourth-order valence-corrected chi connectivity index (χ4v) is 2.37. The molecule has 2 heterocycles. The summed E-state index contributed by atoms with van der Waals surface area (Å²) in [6, 6.07) is 2.02. The van der Waals surface area contributed by atoms with Crippen LogP contribution in [-0.4, -0.2) is 42.8 Å². The Hall–Kier alpha value is -1.36. The first-order valence-corrected chi connectivity index (χ1v) is 7.55. The van der Waals surface area contributed by atoms with E-state index < -0.39 is 0 Å². The number of rotatable bonds is 6. The second kappa shape index (κ2) is 6.88. The Bertz CT molecular complexity index is 430.